The van der Waals surface area contributed by atoms with Crippen molar-refractivity contribution in [3.63, 3.8) is 0 Å². The molecule has 0 bridgehead atoms. The van der Waals surface area contributed by atoms with E-state index in [1.165, 1.54) is 0 Å². The second-order valence-electron chi connectivity index (χ2n) is 4.31. The van der Waals surface area contributed by atoms with Crippen LogP contribution in [0.2, 0.25) is 0 Å². The van der Waals surface area contributed by atoms with Crippen LogP contribution in [0.25, 0.3) is 0 Å². The predicted octanol–water partition coefficient (Wildman–Crippen LogP) is 3.04. The molecule has 0 aromatic heterocycles. The molecule has 0 aliphatic carbocycles. The fraction of sp³-hybridized carbons (Fsp3) is 1.00. The minimum atomic E-state index is -4.02. The molecular weight excluding hydrogens is 229 g/mol. The molecule has 0 amide bonds. The molecule has 1 atom stereocenters. The van der Waals surface area contributed by atoms with Gasteiger partial charge in [0.2, 0.25) is 0 Å². The van der Waals surface area contributed by atoms with Crippen LogP contribution in [0, 0.1) is 0 Å². The molecule has 0 aliphatic rings. The molecule has 1 unspecified atom stereocenters. The molecule has 1 N–H and O–H groups in total. The first-order chi connectivity index (χ1) is 7.92. The Bertz CT molecular complexity index is 179. The van der Waals surface area contributed by atoms with Gasteiger partial charge in [0.05, 0.1) is 0 Å². The molecule has 0 radical (unpaired) electrons. The van der Waals surface area contributed by atoms with Gasteiger partial charge in [-0.2, -0.15) is 13.2 Å². The molecule has 0 fully saturated rings. The van der Waals surface area contributed by atoms with E-state index in [1.807, 2.05) is 7.05 Å². The lowest BCUT2D eigenvalue weighted by molar-refractivity contribution is -0.135. The highest BCUT2D eigenvalue weighted by Gasteiger charge is 2.26. The van der Waals surface area contributed by atoms with Crippen LogP contribution in [0.3, 0.4) is 0 Å². The highest BCUT2D eigenvalue weighted by atomic mass is 19.4. The Balaban J connectivity index is 3.76. The summed E-state index contributed by atoms with van der Waals surface area (Å²) < 4.78 is 36.0. The van der Waals surface area contributed by atoms with Crippen molar-refractivity contribution in [1.82, 2.24) is 10.2 Å². The number of hydrogen-bond acceptors (Lipinski definition) is 2. The summed E-state index contributed by atoms with van der Waals surface area (Å²) >= 11 is 0. The fourth-order valence-electron chi connectivity index (χ4n) is 1.86. The zero-order valence-electron chi connectivity index (χ0n) is 11.1. The van der Waals surface area contributed by atoms with Gasteiger partial charge >= 0.3 is 6.18 Å². The Hall–Kier alpha value is -0.290. The van der Waals surface area contributed by atoms with E-state index in [1.54, 1.807) is 0 Å². The molecule has 0 aliphatic heterocycles. The lowest BCUT2D eigenvalue weighted by Gasteiger charge is -2.22. The SMILES string of the molecule is CCN(CC)CCC(CCCC(F)(F)F)NC. The Kier molecular flexibility index (Phi) is 8.60. The number of halogens is 3. The van der Waals surface area contributed by atoms with Gasteiger partial charge in [0.1, 0.15) is 0 Å². The molecule has 5 heteroatoms. The van der Waals surface area contributed by atoms with Crippen LogP contribution in [0.15, 0.2) is 0 Å². The summed E-state index contributed by atoms with van der Waals surface area (Å²) in [5.41, 5.74) is 0. The number of nitrogens with zero attached hydrogens (tertiary/aromatic N) is 1. The van der Waals surface area contributed by atoms with Gasteiger partial charge in [0.25, 0.3) is 0 Å². The minimum absolute atomic E-state index is 0.193. The van der Waals surface area contributed by atoms with Crippen LogP contribution in [-0.2, 0) is 0 Å². The van der Waals surface area contributed by atoms with Crippen molar-refractivity contribution >= 4 is 0 Å². The Labute approximate surface area is 103 Å². The monoisotopic (exact) mass is 254 g/mol. The van der Waals surface area contributed by atoms with Crippen LogP contribution in [0.1, 0.15) is 39.5 Å². The molecule has 2 nitrogen and oxygen atoms in total. The van der Waals surface area contributed by atoms with Crippen LogP contribution in [0.5, 0.6) is 0 Å². The van der Waals surface area contributed by atoms with Crippen LogP contribution >= 0.6 is 0 Å². The molecule has 0 aromatic rings. The van der Waals surface area contributed by atoms with Crippen LogP contribution in [0.4, 0.5) is 13.2 Å². The highest BCUT2D eigenvalue weighted by Crippen LogP contribution is 2.23. The van der Waals surface area contributed by atoms with Gasteiger partial charge < -0.3 is 10.2 Å². The topological polar surface area (TPSA) is 15.3 Å². The van der Waals surface area contributed by atoms with E-state index in [2.05, 4.69) is 24.1 Å². The summed E-state index contributed by atoms with van der Waals surface area (Å²) in [4.78, 5) is 2.29. The van der Waals surface area contributed by atoms with E-state index in [0.29, 0.717) is 6.42 Å². The average Bonchev–Trinajstić information content (AvgIpc) is 2.26. The number of rotatable bonds is 9. The quantitative estimate of drug-likeness (QED) is 0.680. The smallest absolute Gasteiger partial charge is 0.317 e. The first-order valence-electron chi connectivity index (χ1n) is 6.39. The van der Waals surface area contributed by atoms with Crippen LogP contribution < -0.4 is 5.32 Å². The third-order valence-electron chi connectivity index (χ3n) is 3.11. The minimum Gasteiger partial charge on any atom is -0.317 e. The molecule has 0 saturated carbocycles. The van der Waals surface area contributed by atoms with Crippen LogP contribution in [-0.4, -0.2) is 43.8 Å². The second kappa shape index (κ2) is 8.75. The Morgan fingerprint density at radius 2 is 1.71 bits per heavy atom. The van der Waals surface area contributed by atoms with E-state index in [4.69, 9.17) is 0 Å². The Morgan fingerprint density at radius 1 is 1.12 bits per heavy atom. The molecule has 17 heavy (non-hydrogen) atoms. The van der Waals surface area contributed by atoms with E-state index in [-0.39, 0.29) is 12.5 Å². The van der Waals surface area contributed by atoms with Gasteiger partial charge in [-0.1, -0.05) is 13.8 Å². The normalized spacial score (nSPS) is 14.3. The fourth-order valence-corrected chi connectivity index (χ4v) is 1.86. The van der Waals surface area contributed by atoms with E-state index in [9.17, 15) is 13.2 Å². The number of hydrogen-bond donors (Lipinski definition) is 1. The molecule has 0 saturated heterocycles. The predicted molar refractivity (Wildman–Crippen MR) is 65.2 cm³/mol. The number of alkyl halides is 3. The lowest BCUT2D eigenvalue weighted by atomic mass is 10.1. The summed E-state index contributed by atoms with van der Waals surface area (Å²) in [6.07, 6.45) is -2.96. The highest BCUT2D eigenvalue weighted by molar-refractivity contribution is 4.68. The lowest BCUT2D eigenvalue weighted by Crippen LogP contribution is -2.32. The summed E-state index contributed by atoms with van der Waals surface area (Å²) in [6, 6.07) is 0.193. The largest absolute Gasteiger partial charge is 0.389 e. The zero-order valence-corrected chi connectivity index (χ0v) is 11.1. The summed E-state index contributed by atoms with van der Waals surface area (Å²) in [7, 11) is 1.82. The maximum Gasteiger partial charge on any atom is 0.389 e. The molecule has 0 spiro atoms. The molecular formula is C12H25F3N2. The Morgan fingerprint density at radius 3 is 2.12 bits per heavy atom. The van der Waals surface area contributed by atoms with Gasteiger partial charge in [-0.25, -0.2) is 0 Å². The van der Waals surface area contributed by atoms with Crippen molar-refractivity contribution in [1.29, 1.82) is 0 Å². The molecule has 0 rings (SSSR count). The third-order valence-corrected chi connectivity index (χ3v) is 3.11. The van der Waals surface area contributed by atoms with Gasteiger partial charge in [0.15, 0.2) is 0 Å². The van der Waals surface area contributed by atoms with Crippen molar-refractivity contribution in [2.75, 3.05) is 26.7 Å². The molecule has 0 heterocycles. The van der Waals surface area contributed by atoms with E-state index in [0.717, 1.165) is 26.1 Å². The van der Waals surface area contributed by atoms with Crippen molar-refractivity contribution < 1.29 is 13.2 Å². The number of nitrogens with one attached hydrogen (secondary N) is 1. The third kappa shape index (κ3) is 9.41. The zero-order chi connectivity index (χ0) is 13.3. The second-order valence-corrected chi connectivity index (χ2v) is 4.31. The van der Waals surface area contributed by atoms with Gasteiger partial charge in [-0.3, -0.25) is 0 Å². The van der Waals surface area contributed by atoms with Gasteiger partial charge in [0, 0.05) is 12.5 Å². The van der Waals surface area contributed by atoms with Crippen molar-refractivity contribution in [3.05, 3.63) is 0 Å². The summed E-state index contributed by atoms with van der Waals surface area (Å²) in [5.74, 6) is 0. The standard InChI is InChI=1S/C12H25F3N2/c1-4-17(5-2)10-8-11(16-3)7-6-9-12(13,14)15/h11,16H,4-10H2,1-3H3. The molecule has 104 valence electrons. The maximum atomic E-state index is 12.0. The van der Waals surface area contributed by atoms with Gasteiger partial charge in [-0.15, -0.1) is 0 Å². The first-order valence-corrected chi connectivity index (χ1v) is 6.39. The van der Waals surface area contributed by atoms with E-state index < -0.39 is 12.6 Å². The average molecular weight is 254 g/mol. The summed E-state index contributed by atoms with van der Waals surface area (Å²) in [5, 5.41) is 3.10. The van der Waals surface area contributed by atoms with Crippen molar-refractivity contribution in [2.45, 2.75) is 51.7 Å². The molecule has 0 aromatic carbocycles. The van der Waals surface area contributed by atoms with Gasteiger partial charge in [-0.05, 0) is 45.9 Å². The maximum absolute atomic E-state index is 12.0. The first kappa shape index (κ1) is 16.7. The van der Waals surface area contributed by atoms with Crippen molar-refractivity contribution in [3.8, 4) is 0 Å². The summed E-state index contributed by atoms with van der Waals surface area (Å²) in [6.45, 7) is 7.14. The van der Waals surface area contributed by atoms with E-state index >= 15 is 0 Å². The van der Waals surface area contributed by atoms with Crippen molar-refractivity contribution in [2.24, 2.45) is 0 Å².